The van der Waals surface area contributed by atoms with Gasteiger partial charge in [-0.2, -0.15) is 15.0 Å². The highest BCUT2D eigenvalue weighted by atomic mass is 16.3. The molecule has 0 spiro atoms. The summed E-state index contributed by atoms with van der Waals surface area (Å²) >= 11 is 0. The van der Waals surface area contributed by atoms with Crippen LogP contribution < -0.4 is 20.4 Å². The molecule has 0 atom stereocenters. The van der Waals surface area contributed by atoms with Gasteiger partial charge < -0.3 is 25.5 Å². The number of piperidine rings is 2. The van der Waals surface area contributed by atoms with Gasteiger partial charge in [0.15, 0.2) is 0 Å². The van der Waals surface area contributed by atoms with E-state index in [0.717, 1.165) is 51.9 Å². The van der Waals surface area contributed by atoms with Gasteiger partial charge in [0.25, 0.3) is 5.91 Å². The fourth-order valence-corrected chi connectivity index (χ4v) is 4.51. The topological polar surface area (TPSA) is 107 Å². The summed E-state index contributed by atoms with van der Waals surface area (Å²) in [4.78, 5) is 31.1. The lowest BCUT2D eigenvalue weighted by Gasteiger charge is -2.30. The van der Waals surface area contributed by atoms with Gasteiger partial charge in [0.2, 0.25) is 17.8 Å². The highest BCUT2D eigenvalue weighted by molar-refractivity contribution is 6.05. The number of nitrogens with one attached hydrogen (secondary N) is 2. The zero-order valence-corrected chi connectivity index (χ0v) is 19.8. The van der Waals surface area contributed by atoms with E-state index in [0.29, 0.717) is 34.8 Å². The van der Waals surface area contributed by atoms with Crippen LogP contribution in [0.4, 0.5) is 29.2 Å². The van der Waals surface area contributed by atoms with E-state index in [4.69, 9.17) is 15.0 Å². The second-order valence-electron chi connectivity index (χ2n) is 9.03. The highest BCUT2D eigenvalue weighted by Crippen LogP contribution is 2.29. The van der Waals surface area contributed by atoms with Crippen molar-refractivity contribution in [1.29, 1.82) is 0 Å². The van der Waals surface area contributed by atoms with Gasteiger partial charge in [-0.25, -0.2) is 0 Å². The zero-order valence-electron chi connectivity index (χ0n) is 19.8. The molecule has 0 saturated carbocycles. The lowest BCUT2D eigenvalue weighted by molar-refractivity contribution is 0.102. The number of hydrogen-bond acceptors (Lipinski definition) is 8. The first-order chi connectivity index (χ1) is 17.2. The molecule has 2 fully saturated rings. The lowest BCUT2D eigenvalue weighted by Crippen LogP contribution is -2.34. The second-order valence-corrected chi connectivity index (χ2v) is 9.03. The fourth-order valence-electron chi connectivity index (χ4n) is 4.51. The predicted molar refractivity (Wildman–Crippen MR) is 138 cm³/mol. The first kappa shape index (κ1) is 22.9. The second kappa shape index (κ2) is 10.6. The van der Waals surface area contributed by atoms with Gasteiger partial charge in [-0.3, -0.25) is 4.79 Å². The van der Waals surface area contributed by atoms with Gasteiger partial charge in [0.1, 0.15) is 5.75 Å². The largest absolute Gasteiger partial charge is 0.506 e. The highest BCUT2D eigenvalue weighted by Gasteiger charge is 2.20. The predicted octanol–water partition coefficient (Wildman–Crippen LogP) is 4.55. The lowest BCUT2D eigenvalue weighted by atomic mass is 10.1. The maximum Gasteiger partial charge on any atom is 0.255 e. The average Bonchev–Trinajstić information content (AvgIpc) is 2.91. The molecule has 5 rings (SSSR count). The molecule has 1 amide bonds. The monoisotopic (exact) mass is 473 g/mol. The molecule has 1 aromatic heterocycles. The van der Waals surface area contributed by atoms with Crippen molar-refractivity contribution in [3.8, 4) is 5.75 Å². The molecule has 0 aliphatic carbocycles. The summed E-state index contributed by atoms with van der Waals surface area (Å²) in [5.74, 6) is 1.51. The van der Waals surface area contributed by atoms with Gasteiger partial charge in [0, 0.05) is 43.5 Å². The van der Waals surface area contributed by atoms with Crippen molar-refractivity contribution in [3.63, 3.8) is 0 Å². The van der Waals surface area contributed by atoms with Crippen LogP contribution in [0.2, 0.25) is 0 Å². The number of amides is 1. The van der Waals surface area contributed by atoms with E-state index in [9.17, 15) is 9.90 Å². The van der Waals surface area contributed by atoms with Gasteiger partial charge in [-0.05, 0) is 62.8 Å². The molecule has 2 aliphatic rings. The minimum atomic E-state index is -0.281. The summed E-state index contributed by atoms with van der Waals surface area (Å²) in [5.41, 5.74) is 1.48. The third kappa shape index (κ3) is 5.62. The number of carbonyl (C=O) groups excluding carboxylic acids is 1. The maximum absolute atomic E-state index is 12.4. The Hall–Kier alpha value is -3.88. The maximum atomic E-state index is 12.4. The molecule has 3 N–H and O–H groups in total. The number of nitrogens with zero attached hydrogens (tertiary/aromatic N) is 5. The average molecular weight is 474 g/mol. The third-order valence-corrected chi connectivity index (χ3v) is 6.43. The molecule has 2 aliphatic heterocycles. The van der Waals surface area contributed by atoms with E-state index in [2.05, 4.69) is 20.4 Å². The van der Waals surface area contributed by atoms with Crippen LogP contribution in [0.1, 0.15) is 48.9 Å². The summed E-state index contributed by atoms with van der Waals surface area (Å²) in [6.07, 6.45) is 7.01. The van der Waals surface area contributed by atoms with E-state index >= 15 is 0 Å². The molecule has 2 saturated heterocycles. The molecule has 0 radical (unpaired) electrons. The standard InChI is InChI=1S/C26H31N7O2/c34-22-18-20(12-13-21(22)28-23(35)19-10-4-1-5-11-19)27-24-29-25(32-14-6-2-7-15-32)31-26(30-24)33-16-8-3-9-17-33/h1,4-5,10-13,18,34H,2-3,6-9,14-17H2,(H,28,35)(H,27,29,30,31). The number of anilines is 5. The third-order valence-electron chi connectivity index (χ3n) is 6.43. The van der Waals surface area contributed by atoms with Crippen molar-refractivity contribution in [2.75, 3.05) is 46.6 Å². The SMILES string of the molecule is O=C(Nc1ccc(Nc2nc(N3CCCCC3)nc(N3CCCCC3)n2)cc1O)c1ccccc1. The molecule has 182 valence electrons. The summed E-state index contributed by atoms with van der Waals surface area (Å²) in [6, 6.07) is 13.9. The minimum absolute atomic E-state index is 0.0409. The Morgan fingerprint density at radius 1 is 0.771 bits per heavy atom. The molecule has 3 heterocycles. The van der Waals surface area contributed by atoms with Gasteiger partial charge in [-0.1, -0.05) is 18.2 Å². The number of carbonyl (C=O) groups is 1. The Labute approximate surface area is 205 Å². The Morgan fingerprint density at radius 3 is 1.94 bits per heavy atom. The van der Waals surface area contributed by atoms with Gasteiger partial charge >= 0.3 is 0 Å². The number of rotatable bonds is 6. The summed E-state index contributed by atoms with van der Waals surface area (Å²) in [5, 5.41) is 16.5. The number of hydrogen-bond donors (Lipinski definition) is 3. The van der Waals surface area contributed by atoms with Crippen LogP contribution in [0.3, 0.4) is 0 Å². The molecular weight excluding hydrogens is 442 g/mol. The Bertz CT molecular complexity index is 1120. The van der Waals surface area contributed by atoms with E-state index in [1.54, 1.807) is 42.5 Å². The summed E-state index contributed by atoms with van der Waals surface area (Å²) < 4.78 is 0. The Kier molecular flexibility index (Phi) is 6.92. The molecule has 9 heteroatoms. The Balaban J connectivity index is 1.36. The van der Waals surface area contributed by atoms with Gasteiger partial charge in [0.05, 0.1) is 5.69 Å². The van der Waals surface area contributed by atoms with Crippen LogP contribution in [-0.2, 0) is 0 Å². The van der Waals surface area contributed by atoms with Crippen LogP contribution >= 0.6 is 0 Å². The van der Waals surface area contributed by atoms with Crippen molar-refractivity contribution < 1.29 is 9.90 Å². The quantitative estimate of drug-likeness (QED) is 0.448. The van der Waals surface area contributed by atoms with E-state index in [1.165, 1.54) is 12.8 Å². The van der Waals surface area contributed by atoms with E-state index < -0.39 is 0 Å². The van der Waals surface area contributed by atoms with Crippen molar-refractivity contribution in [2.45, 2.75) is 38.5 Å². The molecule has 0 bridgehead atoms. The first-order valence-electron chi connectivity index (χ1n) is 12.4. The molecule has 0 unspecified atom stereocenters. The first-order valence-corrected chi connectivity index (χ1v) is 12.4. The van der Waals surface area contributed by atoms with Crippen LogP contribution in [-0.4, -0.2) is 52.1 Å². The number of benzene rings is 2. The van der Waals surface area contributed by atoms with E-state index in [1.807, 2.05) is 6.07 Å². The summed E-state index contributed by atoms with van der Waals surface area (Å²) in [7, 11) is 0. The zero-order chi connectivity index (χ0) is 24.0. The molecule has 35 heavy (non-hydrogen) atoms. The minimum Gasteiger partial charge on any atom is -0.506 e. The number of aromatic nitrogens is 3. The smallest absolute Gasteiger partial charge is 0.255 e. The van der Waals surface area contributed by atoms with Crippen LogP contribution in [0, 0.1) is 0 Å². The number of aromatic hydroxyl groups is 1. The van der Waals surface area contributed by atoms with Crippen molar-refractivity contribution in [2.24, 2.45) is 0 Å². The van der Waals surface area contributed by atoms with E-state index in [-0.39, 0.29) is 11.7 Å². The van der Waals surface area contributed by atoms with Crippen LogP contribution in [0.15, 0.2) is 48.5 Å². The van der Waals surface area contributed by atoms with Crippen molar-refractivity contribution in [1.82, 2.24) is 15.0 Å². The molecule has 9 nitrogen and oxygen atoms in total. The van der Waals surface area contributed by atoms with Crippen molar-refractivity contribution in [3.05, 3.63) is 54.1 Å². The normalized spacial score (nSPS) is 16.1. The van der Waals surface area contributed by atoms with Crippen molar-refractivity contribution >= 4 is 35.1 Å². The number of phenolic OH excluding ortho intramolecular Hbond substituents is 1. The van der Waals surface area contributed by atoms with Crippen LogP contribution in [0.5, 0.6) is 5.75 Å². The number of phenols is 1. The molecular formula is C26H31N7O2. The molecule has 2 aromatic carbocycles. The van der Waals surface area contributed by atoms with Crippen LogP contribution in [0.25, 0.3) is 0 Å². The molecule has 3 aromatic rings. The van der Waals surface area contributed by atoms with Gasteiger partial charge in [-0.15, -0.1) is 0 Å². The summed E-state index contributed by atoms with van der Waals surface area (Å²) in [6.45, 7) is 3.78. The Morgan fingerprint density at radius 2 is 1.37 bits per heavy atom. The fraction of sp³-hybridized carbons (Fsp3) is 0.385.